The van der Waals surface area contributed by atoms with Gasteiger partial charge in [0, 0.05) is 17.6 Å². The lowest BCUT2D eigenvalue weighted by molar-refractivity contribution is 0.0868. The molecule has 1 aliphatic rings. The van der Waals surface area contributed by atoms with Crippen LogP contribution in [0.2, 0.25) is 0 Å². The molecule has 1 saturated carbocycles. The van der Waals surface area contributed by atoms with Crippen LogP contribution in [0.25, 0.3) is 10.8 Å². The minimum absolute atomic E-state index is 0.0365. The van der Waals surface area contributed by atoms with Crippen molar-refractivity contribution in [3.63, 3.8) is 0 Å². The van der Waals surface area contributed by atoms with E-state index >= 15 is 0 Å². The summed E-state index contributed by atoms with van der Waals surface area (Å²) in [5.74, 6) is -0.587. The number of fused-ring (bicyclic) bond motifs is 1. The Balaban J connectivity index is 1.53. The van der Waals surface area contributed by atoms with Crippen molar-refractivity contribution in [1.29, 1.82) is 0 Å². The molecule has 1 heterocycles. The van der Waals surface area contributed by atoms with Crippen molar-refractivity contribution in [1.82, 2.24) is 10.3 Å². The third-order valence-electron chi connectivity index (χ3n) is 5.34. The molecule has 0 radical (unpaired) electrons. The van der Waals surface area contributed by atoms with Gasteiger partial charge in [0.15, 0.2) is 0 Å². The number of nitrogens with one attached hydrogen (secondary N) is 2. The van der Waals surface area contributed by atoms with E-state index in [1.807, 2.05) is 30.3 Å². The first-order valence-electron chi connectivity index (χ1n) is 9.85. The zero-order valence-electron chi connectivity index (χ0n) is 16.0. The fourth-order valence-electron chi connectivity index (χ4n) is 3.76. The molecule has 0 bridgehead atoms. The Labute approximate surface area is 169 Å². The van der Waals surface area contributed by atoms with Gasteiger partial charge < -0.3 is 15.7 Å². The first-order valence-corrected chi connectivity index (χ1v) is 9.85. The van der Waals surface area contributed by atoms with Crippen molar-refractivity contribution in [2.75, 3.05) is 5.32 Å². The van der Waals surface area contributed by atoms with Crippen LogP contribution in [0.5, 0.6) is 0 Å². The molecule has 6 heteroatoms. The van der Waals surface area contributed by atoms with Crippen molar-refractivity contribution in [2.45, 2.75) is 37.8 Å². The van der Waals surface area contributed by atoms with Crippen molar-refractivity contribution in [3.05, 3.63) is 72.1 Å². The topological polar surface area (TPSA) is 91.3 Å². The zero-order chi connectivity index (χ0) is 20.2. The van der Waals surface area contributed by atoms with Crippen LogP contribution >= 0.6 is 0 Å². The number of pyridine rings is 1. The van der Waals surface area contributed by atoms with Gasteiger partial charge in [0.1, 0.15) is 5.69 Å². The van der Waals surface area contributed by atoms with Crippen molar-refractivity contribution < 1.29 is 14.7 Å². The molecule has 3 N–H and O–H groups in total. The molecule has 0 saturated heterocycles. The highest BCUT2D eigenvalue weighted by Gasteiger charge is 2.23. The van der Waals surface area contributed by atoms with Gasteiger partial charge in [-0.25, -0.2) is 0 Å². The van der Waals surface area contributed by atoms with E-state index in [2.05, 4.69) is 15.6 Å². The Morgan fingerprint density at radius 2 is 1.62 bits per heavy atom. The molecule has 3 aromatic rings. The molecule has 0 spiro atoms. The van der Waals surface area contributed by atoms with Gasteiger partial charge in [-0.15, -0.1) is 0 Å². The van der Waals surface area contributed by atoms with E-state index in [-0.39, 0.29) is 24.0 Å². The second-order valence-corrected chi connectivity index (χ2v) is 7.36. The largest absolute Gasteiger partial charge is 0.393 e. The predicted octanol–water partition coefficient (Wildman–Crippen LogP) is 3.52. The fraction of sp³-hybridized carbons (Fsp3) is 0.261. The van der Waals surface area contributed by atoms with Gasteiger partial charge in [-0.05, 0) is 49.3 Å². The number of para-hydroxylation sites is 1. The van der Waals surface area contributed by atoms with Crippen molar-refractivity contribution in [3.8, 4) is 0 Å². The number of hydrogen-bond donors (Lipinski definition) is 3. The van der Waals surface area contributed by atoms with Gasteiger partial charge in [0.05, 0.1) is 17.4 Å². The summed E-state index contributed by atoms with van der Waals surface area (Å²) in [5, 5.41) is 17.2. The van der Waals surface area contributed by atoms with Gasteiger partial charge in [-0.2, -0.15) is 0 Å². The Bertz CT molecular complexity index is 1040. The first kappa shape index (κ1) is 19.1. The van der Waals surface area contributed by atoms with E-state index < -0.39 is 0 Å². The normalized spacial score (nSPS) is 18.9. The maximum absolute atomic E-state index is 12.9. The molecule has 1 aliphatic carbocycles. The van der Waals surface area contributed by atoms with Crippen LogP contribution in [0.1, 0.15) is 46.5 Å². The number of rotatable bonds is 4. The number of aliphatic hydroxyl groups is 1. The highest BCUT2D eigenvalue weighted by molar-refractivity contribution is 6.13. The molecule has 4 rings (SSSR count). The Hall–Kier alpha value is -3.25. The fourth-order valence-corrected chi connectivity index (χ4v) is 3.76. The third-order valence-corrected chi connectivity index (χ3v) is 5.34. The molecule has 0 atom stereocenters. The van der Waals surface area contributed by atoms with Gasteiger partial charge >= 0.3 is 0 Å². The number of nitrogens with zero attached hydrogens (tertiary/aromatic N) is 1. The molecular formula is C23H23N3O3. The number of carbonyl (C=O) groups excluding carboxylic acids is 2. The molecule has 0 unspecified atom stereocenters. The SMILES string of the molecule is O=C(NC1CCC(O)CC1)c1ccccc1NC(=O)c1nccc2ccccc12. The Morgan fingerprint density at radius 1 is 0.897 bits per heavy atom. The molecule has 29 heavy (non-hydrogen) atoms. The second-order valence-electron chi connectivity index (χ2n) is 7.36. The summed E-state index contributed by atoms with van der Waals surface area (Å²) < 4.78 is 0. The smallest absolute Gasteiger partial charge is 0.274 e. The first-order chi connectivity index (χ1) is 14.1. The summed E-state index contributed by atoms with van der Waals surface area (Å²) in [4.78, 5) is 29.9. The number of carbonyl (C=O) groups is 2. The third kappa shape index (κ3) is 4.27. The molecule has 1 fully saturated rings. The maximum atomic E-state index is 12.9. The summed E-state index contributed by atoms with van der Waals surface area (Å²) in [7, 11) is 0. The van der Waals surface area contributed by atoms with Crippen molar-refractivity contribution >= 4 is 28.3 Å². The van der Waals surface area contributed by atoms with Crippen LogP contribution in [0.4, 0.5) is 5.69 Å². The number of hydrogen-bond acceptors (Lipinski definition) is 4. The molecule has 148 valence electrons. The summed E-state index contributed by atoms with van der Waals surface area (Å²) in [5.41, 5.74) is 1.17. The van der Waals surface area contributed by atoms with E-state index in [4.69, 9.17) is 0 Å². The molecule has 2 amide bonds. The van der Waals surface area contributed by atoms with Crippen LogP contribution in [0.3, 0.4) is 0 Å². The van der Waals surface area contributed by atoms with Crippen LogP contribution in [-0.4, -0.2) is 34.1 Å². The van der Waals surface area contributed by atoms with Crippen LogP contribution < -0.4 is 10.6 Å². The number of anilines is 1. The zero-order valence-corrected chi connectivity index (χ0v) is 16.0. The highest BCUT2D eigenvalue weighted by atomic mass is 16.3. The minimum Gasteiger partial charge on any atom is -0.393 e. The molecular weight excluding hydrogens is 366 g/mol. The van der Waals surface area contributed by atoms with Gasteiger partial charge in [-0.1, -0.05) is 36.4 Å². The Kier molecular flexibility index (Phi) is 5.53. The van der Waals surface area contributed by atoms with Gasteiger partial charge in [0.25, 0.3) is 11.8 Å². The van der Waals surface area contributed by atoms with Gasteiger partial charge in [0.2, 0.25) is 0 Å². The summed E-state index contributed by atoms with van der Waals surface area (Å²) in [6.07, 6.45) is 4.21. The lowest BCUT2D eigenvalue weighted by atomic mass is 9.93. The number of aliphatic hydroxyl groups excluding tert-OH is 1. The number of amides is 2. The number of benzene rings is 2. The van der Waals surface area contributed by atoms with E-state index in [1.165, 1.54) is 0 Å². The lowest BCUT2D eigenvalue weighted by Gasteiger charge is -2.26. The maximum Gasteiger partial charge on any atom is 0.274 e. The standard InChI is InChI=1S/C23H23N3O3/c27-17-11-9-16(10-12-17)25-22(28)19-7-3-4-8-20(19)26-23(29)21-18-6-2-1-5-15(18)13-14-24-21/h1-8,13-14,16-17,27H,9-12H2,(H,25,28)(H,26,29). The monoisotopic (exact) mass is 389 g/mol. The van der Waals surface area contributed by atoms with Crippen LogP contribution in [-0.2, 0) is 0 Å². The highest BCUT2D eigenvalue weighted by Crippen LogP contribution is 2.22. The predicted molar refractivity (Wildman–Crippen MR) is 112 cm³/mol. The Morgan fingerprint density at radius 3 is 2.45 bits per heavy atom. The van der Waals surface area contributed by atoms with E-state index in [1.54, 1.807) is 30.5 Å². The summed E-state index contributed by atoms with van der Waals surface area (Å²) in [6.45, 7) is 0. The average molecular weight is 389 g/mol. The quantitative estimate of drug-likeness (QED) is 0.637. The van der Waals surface area contributed by atoms with Crippen LogP contribution in [0.15, 0.2) is 60.8 Å². The molecule has 1 aromatic heterocycles. The number of aromatic nitrogens is 1. The van der Waals surface area contributed by atoms with Crippen molar-refractivity contribution in [2.24, 2.45) is 0 Å². The molecule has 2 aromatic carbocycles. The second kappa shape index (κ2) is 8.41. The molecule has 0 aliphatic heterocycles. The summed E-state index contributed by atoms with van der Waals surface area (Å²) >= 11 is 0. The minimum atomic E-state index is -0.358. The molecule has 6 nitrogen and oxygen atoms in total. The van der Waals surface area contributed by atoms with E-state index in [9.17, 15) is 14.7 Å². The van der Waals surface area contributed by atoms with E-state index in [0.717, 1.165) is 23.6 Å². The van der Waals surface area contributed by atoms with Gasteiger partial charge in [-0.3, -0.25) is 14.6 Å². The lowest BCUT2D eigenvalue weighted by Crippen LogP contribution is -2.38. The average Bonchev–Trinajstić information content (AvgIpc) is 2.75. The summed E-state index contributed by atoms with van der Waals surface area (Å²) in [6, 6.07) is 16.4. The van der Waals surface area contributed by atoms with E-state index in [0.29, 0.717) is 29.8 Å². The van der Waals surface area contributed by atoms with Crippen LogP contribution in [0, 0.1) is 0 Å².